The zero-order chi connectivity index (χ0) is 25.3. The third kappa shape index (κ3) is 5.13. The topological polar surface area (TPSA) is 84.2 Å². The summed E-state index contributed by atoms with van der Waals surface area (Å²) in [4.78, 5) is 25.6. The minimum atomic E-state index is -1.03. The maximum atomic E-state index is 13.3. The molecule has 0 unspecified atom stereocenters. The number of benzene rings is 2. The molecule has 1 aromatic heterocycles. The van der Waals surface area contributed by atoms with Gasteiger partial charge in [0.1, 0.15) is 0 Å². The van der Waals surface area contributed by atoms with E-state index < -0.39 is 5.97 Å². The van der Waals surface area contributed by atoms with Crippen molar-refractivity contribution in [1.82, 2.24) is 15.1 Å². The van der Waals surface area contributed by atoms with Crippen molar-refractivity contribution in [1.29, 1.82) is 0 Å². The minimum absolute atomic E-state index is 0.132. The smallest absolute Gasteiger partial charge is 0.336 e. The molecule has 35 heavy (non-hydrogen) atoms. The van der Waals surface area contributed by atoms with Gasteiger partial charge in [-0.3, -0.25) is 4.79 Å². The van der Waals surface area contributed by atoms with Crippen molar-refractivity contribution in [3.05, 3.63) is 69.4 Å². The van der Waals surface area contributed by atoms with Crippen LogP contribution in [0, 0.1) is 13.8 Å². The molecule has 4 rings (SSSR count). The summed E-state index contributed by atoms with van der Waals surface area (Å²) in [6.45, 7) is 7.81. The van der Waals surface area contributed by atoms with Crippen molar-refractivity contribution in [3.8, 4) is 16.9 Å². The fourth-order valence-corrected chi connectivity index (χ4v) is 5.11. The highest BCUT2D eigenvalue weighted by molar-refractivity contribution is 6.32. The summed E-state index contributed by atoms with van der Waals surface area (Å²) in [5.74, 6) is -1.09. The van der Waals surface area contributed by atoms with Gasteiger partial charge in [0.15, 0.2) is 5.69 Å². The molecule has 1 amide bonds. The first-order chi connectivity index (χ1) is 16.7. The molecule has 0 aliphatic heterocycles. The van der Waals surface area contributed by atoms with Crippen LogP contribution in [0.4, 0.5) is 0 Å². The van der Waals surface area contributed by atoms with Gasteiger partial charge < -0.3 is 10.4 Å². The number of aromatic carboxylic acids is 1. The van der Waals surface area contributed by atoms with Gasteiger partial charge >= 0.3 is 5.97 Å². The third-order valence-corrected chi connectivity index (χ3v) is 7.11. The first-order valence-electron chi connectivity index (χ1n) is 12.2. The van der Waals surface area contributed by atoms with Gasteiger partial charge in [-0.25, -0.2) is 9.48 Å². The molecular formula is C28H32ClN3O3. The number of hydrogen-bond donors (Lipinski definition) is 2. The van der Waals surface area contributed by atoms with Crippen LogP contribution in [0.5, 0.6) is 0 Å². The summed E-state index contributed by atoms with van der Waals surface area (Å²) >= 11 is 6.61. The van der Waals surface area contributed by atoms with Crippen LogP contribution in [0.25, 0.3) is 16.9 Å². The summed E-state index contributed by atoms with van der Waals surface area (Å²) in [7, 11) is 0. The van der Waals surface area contributed by atoms with Crippen LogP contribution < -0.4 is 5.32 Å². The number of hydrogen-bond acceptors (Lipinski definition) is 3. The van der Waals surface area contributed by atoms with Gasteiger partial charge in [-0.15, -0.1) is 0 Å². The Labute approximate surface area is 211 Å². The Morgan fingerprint density at radius 2 is 1.80 bits per heavy atom. The zero-order valence-electron chi connectivity index (χ0n) is 20.7. The number of halogens is 1. The lowest BCUT2D eigenvalue weighted by atomic mass is 9.94. The lowest BCUT2D eigenvalue weighted by Crippen LogP contribution is -2.36. The molecule has 0 atom stereocenters. The SMILES string of the molecule is Cc1ccc(-n2nc(C(=O)NC3CCCCC3)c(C)c2-c2ccc(C(C)C)cc2C(=O)O)c(Cl)c1. The van der Waals surface area contributed by atoms with E-state index in [2.05, 4.69) is 5.32 Å². The second-order valence-corrected chi connectivity index (χ2v) is 10.2. The standard InChI is InChI=1S/C28H32ClN3O3/c1-16(2)19-11-12-21(22(15-19)28(34)35)26-18(4)25(27(33)30-20-8-6-5-7-9-20)31-32(26)24-13-10-17(3)14-23(24)29/h10-16,20H,5-9H2,1-4H3,(H,30,33)(H,34,35). The molecule has 0 bridgehead atoms. The largest absolute Gasteiger partial charge is 0.478 e. The molecule has 1 aliphatic carbocycles. The molecule has 1 fully saturated rings. The van der Waals surface area contributed by atoms with Crippen molar-refractivity contribution in [2.75, 3.05) is 0 Å². The second-order valence-electron chi connectivity index (χ2n) is 9.76. The molecule has 2 aromatic carbocycles. The number of carboxylic acid groups (broad SMARTS) is 1. The maximum absolute atomic E-state index is 13.3. The Balaban J connectivity index is 1.90. The Morgan fingerprint density at radius 1 is 1.09 bits per heavy atom. The van der Waals surface area contributed by atoms with Crippen molar-refractivity contribution in [2.45, 2.75) is 71.8 Å². The van der Waals surface area contributed by atoms with E-state index in [0.717, 1.165) is 36.8 Å². The van der Waals surface area contributed by atoms with Gasteiger partial charge in [-0.05, 0) is 61.9 Å². The van der Waals surface area contributed by atoms with Gasteiger partial charge in [-0.1, -0.05) is 62.9 Å². The first-order valence-corrected chi connectivity index (χ1v) is 12.6. The number of carbonyl (C=O) groups is 2. The number of carbonyl (C=O) groups excluding carboxylic acids is 1. The minimum Gasteiger partial charge on any atom is -0.478 e. The number of rotatable bonds is 6. The average molecular weight is 494 g/mol. The van der Waals surface area contributed by atoms with Crippen LogP contribution >= 0.6 is 11.6 Å². The summed E-state index contributed by atoms with van der Waals surface area (Å²) in [6.07, 6.45) is 5.32. The van der Waals surface area contributed by atoms with Crippen LogP contribution in [-0.4, -0.2) is 32.8 Å². The molecular weight excluding hydrogens is 462 g/mol. The molecule has 2 N–H and O–H groups in total. The fraction of sp³-hybridized carbons (Fsp3) is 0.393. The van der Waals surface area contributed by atoms with Crippen LogP contribution in [0.15, 0.2) is 36.4 Å². The van der Waals surface area contributed by atoms with Crippen LogP contribution in [0.3, 0.4) is 0 Å². The van der Waals surface area contributed by atoms with E-state index in [-0.39, 0.29) is 29.1 Å². The van der Waals surface area contributed by atoms with E-state index in [9.17, 15) is 14.7 Å². The van der Waals surface area contributed by atoms with Crippen molar-refractivity contribution in [2.24, 2.45) is 0 Å². The van der Waals surface area contributed by atoms with Crippen LogP contribution in [0.1, 0.15) is 89.4 Å². The Kier molecular flexibility index (Phi) is 7.31. The normalized spacial score (nSPS) is 14.3. The molecule has 0 spiro atoms. The predicted molar refractivity (Wildman–Crippen MR) is 139 cm³/mol. The molecule has 3 aromatic rings. The molecule has 6 nitrogen and oxygen atoms in total. The van der Waals surface area contributed by atoms with E-state index in [1.807, 2.05) is 58.0 Å². The van der Waals surface area contributed by atoms with Gasteiger partial charge in [0.25, 0.3) is 5.91 Å². The van der Waals surface area contributed by atoms with E-state index >= 15 is 0 Å². The molecule has 1 heterocycles. The van der Waals surface area contributed by atoms with Crippen molar-refractivity contribution < 1.29 is 14.7 Å². The van der Waals surface area contributed by atoms with Gasteiger partial charge in [0.2, 0.25) is 0 Å². The lowest BCUT2D eigenvalue weighted by molar-refractivity contribution is 0.0697. The maximum Gasteiger partial charge on any atom is 0.336 e. The number of nitrogens with one attached hydrogen (secondary N) is 1. The number of aromatic nitrogens is 2. The Hall–Kier alpha value is -3.12. The van der Waals surface area contributed by atoms with Crippen LogP contribution in [0.2, 0.25) is 5.02 Å². The Morgan fingerprint density at radius 3 is 2.43 bits per heavy atom. The Bertz CT molecular complexity index is 1270. The molecule has 1 aliphatic rings. The van der Waals surface area contributed by atoms with Crippen molar-refractivity contribution in [3.63, 3.8) is 0 Å². The van der Waals surface area contributed by atoms with E-state index in [0.29, 0.717) is 27.5 Å². The second kappa shape index (κ2) is 10.2. The highest BCUT2D eigenvalue weighted by Crippen LogP contribution is 2.35. The third-order valence-electron chi connectivity index (χ3n) is 6.80. The van der Waals surface area contributed by atoms with Crippen molar-refractivity contribution >= 4 is 23.5 Å². The fourth-order valence-electron chi connectivity index (χ4n) is 4.79. The first kappa shape index (κ1) is 25.0. The predicted octanol–water partition coefficient (Wildman–Crippen LogP) is 6.69. The van der Waals surface area contributed by atoms with Gasteiger partial charge in [0, 0.05) is 17.2 Å². The number of aryl methyl sites for hydroxylation is 1. The van der Waals surface area contributed by atoms with E-state index in [1.54, 1.807) is 10.7 Å². The van der Waals surface area contributed by atoms with Gasteiger partial charge in [-0.2, -0.15) is 5.10 Å². The lowest BCUT2D eigenvalue weighted by Gasteiger charge is -2.22. The molecule has 0 saturated heterocycles. The van der Waals surface area contributed by atoms with Crippen LogP contribution in [-0.2, 0) is 0 Å². The highest BCUT2D eigenvalue weighted by atomic mass is 35.5. The summed E-state index contributed by atoms with van der Waals surface area (Å²) in [5.41, 5.74) is 4.64. The summed E-state index contributed by atoms with van der Waals surface area (Å²) in [5, 5.41) is 18.4. The summed E-state index contributed by atoms with van der Waals surface area (Å²) < 4.78 is 1.61. The summed E-state index contributed by atoms with van der Waals surface area (Å²) in [6, 6.07) is 11.2. The number of amides is 1. The number of carboxylic acids is 1. The molecule has 1 saturated carbocycles. The monoisotopic (exact) mass is 493 g/mol. The van der Waals surface area contributed by atoms with E-state index in [1.165, 1.54) is 6.42 Å². The molecule has 7 heteroatoms. The van der Waals surface area contributed by atoms with Gasteiger partial charge in [0.05, 0.1) is 22.0 Å². The van der Waals surface area contributed by atoms with E-state index in [4.69, 9.17) is 16.7 Å². The number of nitrogens with zero attached hydrogens (tertiary/aromatic N) is 2. The molecule has 0 radical (unpaired) electrons. The zero-order valence-corrected chi connectivity index (χ0v) is 21.4. The quantitative estimate of drug-likeness (QED) is 0.400. The average Bonchev–Trinajstić information content (AvgIpc) is 3.15. The molecule has 184 valence electrons. The highest BCUT2D eigenvalue weighted by Gasteiger charge is 2.27.